The van der Waals surface area contributed by atoms with E-state index < -0.39 is 0 Å². The molecule has 0 amide bonds. The minimum atomic E-state index is 0.763. The van der Waals surface area contributed by atoms with Crippen LogP contribution in [0.5, 0.6) is 0 Å². The molecule has 0 aromatic carbocycles. The van der Waals surface area contributed by atoms with Crippen LogP contribution in [0, 0.1) is 6.92 Å². The average Bonchev–Trinajstić information content (AvgIpc) is 2.85. The Balaban J connectivity index is 1.63. The molecule has 1 N–H and O–H groups in total. The first kappa shape index (κ1) is 10.9. The topological polar surface area (TPSA) is 51.0 Å². The molecule has 2 aromatic heterocycles. The second-order valence-electron chi connectivity index (χ2n) is 4.37. The number of nitrogens with one attached hydrogen (secondary N) is 1. The van der Waals surface area contributed by atoms with Crippen molar-refractivity contribution in [2.75, 3.05) is 6.54 Å². The van der Waals surface area contributed by atoms with Crippen LogP contribution >= 0.6 is 11.3 Å². The van der Waals surface area contributed by atoms with Gasteiger partial charge < -0.3 is 9.73 Å². The highest BCUT2D eigenvalue weighted by Crippen LogP contribution is 2.27. The second kappa shape index (κ2) is 4.58. The zero-order valence-electron chi connectivity index (χ0n) is 9.77. The molecule has 5 heteroatoms. The predicted molar refractivity (Wildman–Crippen MR) is 67.1 cm³/mol. The first-order chi connectivity index (χ1) is 8.33. The molecular formula is C12H15N3OS. The Kier molecular flexibility index (Phi) is 2.94. The number of hydrogen-bond acceptors (Lipinski definition) is 5. The average molecular weight is 249 g/mol. The molecule has 1 fully saturated rings. The molecule has 1 aliphatic rings. The van der Waals surface area contributed by atoms with E-state index >= 15 is 0 Å². The van der Waals surface area contributed by atoms with E-state index in [1.807, 2.05) is 13.0 Å². The van der Waals surface area contributed by atoms with Crippen molar-refractivity contribution in [2.45, 2.75) is 32.2 Å². The Morgan fingerprint density at radius 2 is 2.35 bits per heavy atom. The normalized spacial score (nSPS) is 15.4. The molecule has 17 heavy (non-hydrogen) atoms. The molecule has 1 aliphatic carbocycles. The number of hydrogen-bond donors (Lipinski definition) is 1. The quantitative estimate of drug-likeness (QED) is 0.884. The maximum atomic E-state index is 5.28. The molecule has 0 bridgehead atoms. The summed E-state index contributed by atoms with van der Waals surface area (Å²) in [5.74, 6) is 0.906. The molecule has 4 nitrogen and oxygen atoms in total. The molecule has 90 valence electrons. The van der Waals surface area contributed by atoms with Crippen molar-refractivity contribution < 1.29 is 4.42 Å². The molecule has 0 aliphatic heterocycles. The van der Waals surface area contributed by atoms with E-state index in [1.54, 1.807) is 17.6 Å². The minimum Gasteiger partial charge on any atom is -0.469 e. The lowest BCUT2D eigenvalue weighted by molar-refractivity contribution is 0.535. The van der Waals surface area contributed by atoms with Gasteiger partial charge in [0.1, 0.15) is 10.8 Å². The fourth-order valence-corrected chi connectivity index (χ4v) is 2.65. The monoisotopic (exact) mass is 249 g/mol. The van der Waals surface area contributed by atoms with Crippen molar-refractivity contribution >= 4 is 11.3 Å². The van der Waals surface area contributed by atoms with E-state index in [-0.39, 0.29) is 0 Å². The van der Waals surface area contributed by atoms with Gasteiger partial charge in [-0.2, -0.15) is 0 Å². The molecular weight excluding hydrogens is 234 g/mol. The Morgan fingerprint density at radius 1 is 1.47 bits per heavy atom. The zero-order valence-corrected chi connectivity index (χ0v) is 10.6. The Labute approximate surface area is 104 Å². The highest BCUT2D eigenvalue weighted by Gasteiger charge is 2.20. The van der Waals surface area contributed by atoms with Crippen molar-refractivity contribution in [3.8, 4) is 10.6 Å². The smallest absolute Gasteiger partial charge is 0.151 e. The molecule has 0 atom stereocenters. The summed E-state index contributed by atoms with van der Waals surface area (Å²) in [6.45, 7) is 2.95. The summed E-state index contributed by atoms with van der Waals surface area (Å²) in [5.41, 5.74) is 1.06. The van der Waals surface area contributed by atoms with E-state index in [0.29, 0.717) is 0 Å². The van der Waals surface area contributed by atoms with Crippen molar-refractivity contribution in [3.05, 3.63) is 23.1 Å². The fourth-order valence-electron chi connectivity index (χ4n) is 1.74. The maximum absolute atomic E-state index is 5.28. The van der Waals surface area contributed by atoms with Gasteiger partial charge in [-0.05, 0) is 25.8 Å². The number of aromatic nitrogens is 2. The van der Waals surface area contributed by atoms with Gasteiger partial charge in [-0.3, -0.25) is 0 Å². The SMILES string of the molecule is Cc1occc1-c1nnc(CCNC2CC2)s1. The van der Waals surface area contributed by atoms with Crippen LogP contribution in [0.3, 0.4) is 0 Å². The van der Waals surface area contributed by atoms with Crippen LogP contribution in [0.25, 0.3) is 10.6 Å². The molecule has 2 heterocycles. The van der Waals surface area contributed by atoms with Crippen LogP contribution in [-0.2, 0) is 6.42 Å². The van der Waals surface area contributed by atoms with Gasteiger partial charge in [0.05, 0.1) is 11.8 Å². The van der Waals surface area contributed by atoms with E-state index in [4.69, 9.17) is 4.42 Å². The van der Waals surface area contributed by atoms with E-state index in [9.17, 15) is 0 Å². The van der Waals surface area contributed by atoms with E-state index in [0.717, 1.165) is 40.3 Å². The fraction of sp³-hybridized carbons (Fsp3) is 0.500. The Bertz CT molecular complexity index is 501. The summed E-state index contributed by atoms with van der Waals surface area (Å²) >= 11 is 1.65. The molecule has 0 radical (unpaired) electrons. The van der Waals surface area contributed by atoms with Crippen LogP contribution in [0.2, 0.25) is 0 Å². The standard InChI is InChI=1S/C12H15N3OS/c1-8-10(5-7-16-8)12-15-14-11(17-12)4-6-13-9-2-3-9/h5,7,9,13H,2-4,6H2,1H3. The molecule has 1 saturated carbocycles. The third kappa shape index (κ3) is 2.56. The summed E-state index contributed by atoms with van der Waals surface area (Å²) in [5, 5.41) is 14.0. The lowest BCUT2D eigenvalue weighted by Gasteiger charge is -1.97. The van der Waals surface area contributed by atoms with Crippen molar-refractivity contribution in [1.82, 2.24) is 15.5 Å². The number of rotatable bonds is 5. The number of furan rings is 1. The Morgan fingerprint density at radius 3 is 3.06 bits per heavy atom. The minimum absolute atomic E-state index is 0.763. The third-order valence-corrected chi connectivity index (χ3v) is 3.92. The van der Waals surface area contributed by atoms with Gasteiger partial charge in [0.25, 0.3) is 0 Å². The van der Waals surface area contributed by atoms with Crippen LogP contribution in [-0.4, -0.2) is 22.8 Å². The maximum Gasteiger partial charge on any atom is 0.151 e. The van der Waals surface area contributed by atoms with Crippen LogP contribution in [0.15, 0.2) is 16.7 Å². The zero-order chi connectivity index (χ0) is 11.7. The van der Waals surface area contributed by atoms with Gasteiger partial charge in [-0.25, -0.2) is 0 Å². The van der Waals surface area contributed by atoms with Gasteiger partial charge in [0.15, 0.2) is 5.01 Å². The van der Waals surface area contributed by atoms with Crippen molar-refractivity contribution in [3.63, 3.8) is 0 Å². The summed E-state index contributed by atoms with van der Waals surface area (Å²) in [7, 11) is 0. The largest absolute Gasteiger partial charge is 0.469 e. The molecule has 2 aromatic rings. The van der Waals surface area contributed by atoms with E-state index in [1.165, 1.54) is 12.8 Å². The van der Waals surface area contributed by atoms with Crippen molar-refractivity contribution in [1.29, 1.82) is 0 Å². The highest BCUT2D eigenvalue weighted by molar-refractivity contribution is 7.14. The first-order valence-corrected chi connectivity index (χ1v) is 6.75. The van der Waals surface area contributed by atoms with Gasteiger partial charge in [-0.15, -0.1) is 10.2 Å². The van der Waals surface area contributed by atoms with Gasteiger partial charge in [-0.1, -0.05) is 11.3 Å². The van der Waals surface area contributed by atoms with Crippen LogP contribution in [0.1, 0.15) is 23.6 Å². The molecule has 0 unspecified atom stereocenters. The second-order valence-corrected chi connectivity index (χ2v) is 5.43. The van der Waals surface area contributed by atoms with Gasteiger partial charge in [0, 0.05) is 19.0 Å². The van der Waals surface area contributed by atoms with Crippen LogP contribution < -0.4 is 5.32 Å². The van der Waals surface area contributed by atoms with Gasteiger partial charge in [0.2, 0.25) is 0 Å². The molecule has 0 saturated heterocycles. The highest BCUT2D eigenvalue weighted by atomic mass is 32.1. The van der Waals surface area contributed by atoms with Crippen LogP contribution in [0.4, 0.5) is 0 Å². The first-order valence-electron chi connectivity index (χ1n) is 5.93. The predicted octanol–water partition coefficient (Wildman–Crippen LogP) is 2.40. The summed E-state index contributed by atoms with van der Waals surface area (Å²) in [6.07, 6.45) is 5.32. The van der Waals surface area contributed by atoms with E-state index in [2.05, 4.69) is 15.5 Å². The van der Waals surface area contributed by atoms with Crippen molar-refractivity contribution in [2.24, 2.45) is 0 Å². The Hall–Kier alpha value is -1.20. The summed E-state index contributed by atoms with van der Waals surface area (Å²) < 4.78 is 5.28. The van der Waals surface area contributed by atoms with Gasteiger partial charge >= 0.3 is 0 Å². The molecule has 3 rings (SSSR count). The lowest BCUT2D eigenvalue weighted by Crippen LogP contribution is -2.19. The number of nitrogens with zero attached hydrogens (tertiary/aromatic N) is 2. The summed E-state index contributed by atoms with van der Waals surface area (Å²) in [4.78, 5) is 0. The lowest BCUT2D eigenvalue weighted by atomic mass is 10.3. The third-order valence-electron chi connectivity index (χ3n) is 2.91. The molecule has 0 spiro atoms. The summed E-state index contributed by atoms with van der Waals surface area (Å²) in [6, 6.07) is 2.71. The number of aryl methyl sites for hydroxylation is 1.